The summed E-state index contributed by atoms with van der Waals surface area (Å²) in [6, 6.07) is 3.29. The molecule has 1 aliphatic carbocycles. The number of carbonyl (C=O) groups is 2. The Balaban J connectivity index is 1.88. The molecule has 1 aromatic heterocycles. The van der Waals surface area contributed by atoms with Crippen LogP contribution in [0.25, 0.3) is 0 Å². The number of carboxylic acid groups (broad SMARTS) is 1. The number of thioether (sulfide) groups is 1. The average Bonchev–Trinajstić information content (AvgIpc) is 2.89. The van der Waals surface area contributed by atoms with Crippen LogP contribution < -0.4 is 5.32 Å². The zero-order valence-corrected chi connectivity index (χ0v) is 12.4. The maximum Gasteiger partial charge on any atom is 0.345 e. The molecular formula is C13H17NO3S2. The molecular weight excluding hydrogens is 282 g/mol. The second-order valence-electron chi connectivity index (χ2n) is 4.65. The lowest BCUT2D eigenvalue weighted by molar-refractivity contribution is 0.0702. The van der Waals surface area contributed by atoms with Crippen LogP contribution in [0.4, 0.5) is 0 Å². The molecule has 1 fully saturated rings. The molecule has 2 rings (SSSR count). The Morgan fingerprint density at radius 1 is 1.26 bits per heavy atom. The van der Waals surface area contributed by atoms with Gasteiger partial charge in [-0.3, -0.25) is 4.79 Å². The van der Waals surface area contributed by atoms with Crippen LogP contribution in [-0.2, 0) is 0 Å². The lowest BCUT2D eigenvalue weighted by Crippen LogP contribution is -2.37. The summed E-state index contributed by atoms with van der Waals surface area (Å²) in [4.78, 5) is 23.5. The summed E-state index contributed by atoms with van der Waals surface area (Å²) in [5, 5.41) is 12.6. The third kappa shape index (κ3) is 3.73. The highest BCUT2D eigenvalue weighted by atomic mass is 32.2. The maximum atomic E-state index is 12.0. The zero-order chi connectivity index (χ0) is 13.8. The standard InChI is InChI=1S/C13H17NO3S2/c1-18-9-4-2-8(3-5-9)14-12(15)10-6-7-11(19-10)13(16)17/h6-9H,2-5H2,1H3,(H,14,15)(H,16,17). The molecule has 0 atom stereocenters. The van der Waals surface area contributed by atoms with Crippen molar-refractivity contribution < 1.29 is 14.7 Å². The summed E-state index contributed by atoms with van der Waals surface area (Å²) in [6.07, 6.45) is 6.42. The normalized spacial score (nSPS) is 23.0. The van der Waals surface area contributed by atoms with Gasteiger partial charge in [-0.1, -0.05) is 0 Å². The van der Waals surface area contributed by atoms with E-state index in [9.17, 15) is 9.59 Å². The molecule has 104 valence electrons. The molecule has 0 saturated heterocycles. The zero-order valence-electron chi connectivity index (χ0n) is 10.7. The van der Waals surface area contributed by atoms with Gasteiger partial charge in [-0.05, 0) is 44.1 Å². The van der Waals surface area contributed by atoms with Gasteiger partial charge < -0.3 is 10.4 Å². The maximum absolute atomic E-state index is 12.0. The van der Waals surface area contributed by atoms with Gasteiger partial charge in [0.25, 0.3) is 5.91 Å². The van der Waals surface area contributed by atoms with E-state index in [1.54, 1.807) is 6.07 Å². The van der Waals surface area contributed by atoms with Crippen LogP contribution in [-0.4, -0.2) is 34.5 Å². The molecule has 0 bridgehead atoms. The van der Waals surface area contributed by atoms with Gasteiger partial charge in [0.2, 0.25) is 0 Å². The monoisotopic (exact) mass is 299 g/mol. The van der Waals surface area contributed by atoms with E-state index in [-0.39, 0.29) is 16.8 Å². The summed E-state index contributed by atoms with van der Waals surface area (Å²) in [5.41, 5.74) is 0. The summed E-state index contributed by atoms with van der Waals surface area (Å²) >= 11 is 2.92. The number of hydrogen-bond donors (Lipinski definition) is 2. The van der Waals surface area contributed by atoms with Gasteiger partial charge in [0.1, 0.15) is 4.88 Å². The van der Waals surface area contributed by atoms with Gasteiger partial charge >= 0.3 is 5.97 Å². The number of amides is 1. The van der Waals surface area contributed by atoms with Crippen molar-refractivity contribution in [2.45, 2.75) is 37.0 Å². The van der Waals surface area contributed by atoms with E-state index in [1.165, 1.54) is 6.07 Å². The number of hydrogen-bond acceptors (Lipinski definition) is 4. The van der Waals surface area contributed by atoms with Crippen LogP contribution in [0.15, 0.2) is 12.1 Å². The minimum absolute atomic E-state index is 0.148. The Morgan fingerprint density at radius 3 is 2.42 bits per heavy atom. The summed E-state index contributed by atoms with van der Waals surface area (Å²) < 4.78 is 0. The summed E-state index contributed by atoms with van der Waals surface area (Å²) in [7, 11) is 0. The highest BCUT2D eigenvalue weighted by Gasteiger charge is 2.23. The lowest BCUT2D eigenvalue weighted by Gasteiger charge is -2.27. The molecule has 1 aliphatic rings. The van der Waals surface area contributed by atoms with E-state index in [0.29, 0.717) is 10.1 Å². The minimum Gasteiger partial charge on any atom is -0.477 e. The first-order chi connectivity index (χ1) is 9.10. The molecule has 0 radical (unpaired) electrons. The molecule has 6 heteroatoms. The fraction of sp³-hybridized carbons (Fsp3) is 0.538. The van der Waals surface area contributed by atoms with E-state index in [1.807, 2.05) is 11.8 Å². The quantitative estimate of drug-likeness (QED) is 0.897. The Morgan fingerprint density at radius 2 is 1.89 bits per heavy atom. The summed E-state index contributed by atoms with van der Waals surface area (Å²) in [6.45, 7) is 0. The van der Waals surface area contributed by atoms with E-state index in [0.717, 1.165) is 37.0 Å². The van der Waals surface area contributed by atoms with E-state index >= 15 is 0 Å². The fourth-order valence-electron chi connectivity index (χ4n) is 2.27. The number of thiophene rings is 1. The van der Waals surface area contributed by atoms with Crippen molar-refractivity contribution in [2.24, 2.45) is 0 Å². The minimum atomic E-state index is -0.982. The van der Waals surface area contributed by atoms with Crippen LogP contribution in [0.5, 0.6) is 0 Å². The Kier molecular flexibility index (Phi) is 4.87. The molecule has 0 aromatic carbocycles. The molecule has 2 N–H and O–H groups in total. The van der Waals surface area contributed by atoms with Gasteiger partial charge in [-0.2, -0.15) is 11.8 Å². The third-order valence-electron chi connectivity index (χ3n) is 3.38. The van der Waals surface area contributed by atoms with E-state index in [2.05, 4.69) is 11.6 Å². The van der Waals surface area contributed by atoms with Gasteiger partial charge in [0, 0.05) is 11.3 Å². The topological polar surface area (TPSA) is 66.4 Å². The number of nitrogens with one attached hydrogen (secondary N) is 1. The third-order valence-corrected chi connectivity index (χ3v) is 5.59. The molecule has 1 saturated carbocycles. The van der Waals surface area contributed by atoms with Crippen LogP contribution in [0.2, 0.25) is 0 Å². The Bertz CT molecular complexity index is 464. The van der Waals surface area contributed by atoms with Crippen LogP contribution in [0.1, 0.15) is 45.0 Å². The molecule has 1 amide bonds. The van der Waals surface area contributed by atoms with Crippen LogP contribution >= 0.6 is 23.1 Å². The first-order valence-electron chi connectivity index (χ1n) is 6.27. The van der Waals surface area contributed by atoms with E-state index < -0.39 is 5.97 Å². The van der Waals surface area contributed by atoms with Crippen molar-refractivity contribution in [3.05, 3.63) is 21.9 Å². The predicted octanol–water partition coefficient (Wildman–Crippen LogP) is 2.85. The first-order valence-corrected chi connectivity index (χ1v) is 8.37. The van der Waals surface area contributed by atoms with Crippen molar-refractivity contribution in [3.63, 3.8) is 0 Å². The Hall–Kier alpha value is -1.01. The van der Waals surface area contributed by atoms with E-state index in [4.69, 9.17) is 5.11 Å². The number of carboxylic acids is 1. The molecule has 0 aliphatic heterocycles. The molecule has 0 spiro atoms. The van der Waals surface area contributed by atoms with Gasteiger partial charge in [-0.15, -0.1) is 11.3 Å². The smallest absolute Gasteiger partial charge is 0.345 e. The van der Waals surface area contributed by atoms with Crippen molar-refractivity contribution in [1.82, 2.24) is 5.32 Å². The number of aromatic carboxylic acids is 1. The van der Waals surface area contributed by atoms with Crippen LogP contribution in [0.3, 0.4) is 0 Å². The van der Waals surface area contributed by atoms with Crippen molar-refractivity contribution in [1.29, 1.82) is 0 Å². The second kappa shape index (κ2) is 6.43. The van der Waals surface area contributed by atoms with Gasteiger partial charge in [-0.25, -0.2) is 4.79 Å². The number of rotatable bonds is 4. The largest absolute Gasteiger partial charge is 0.477 e. The summed E-state index contributed by atoms with van der Waals surface area (Å²) in [5.74, 6) is -1.13. The average molecular weight is 299 g/mol. The van der Waals surface area contributed by atoms with Gasteiger partial charge in [0.05, 0.1) is 4.88 Å². The molecule has 19 heavy (non-hydrogen) atoms. The molecule has 1 aromatic rings. The lowest BCUT2D eigenvalue weighted by atomic mass is 9.95. The fourth-order valence-corrected chi connectivity index (χ4v) is 3.77. The van der Waals surface area contributed by atoms with Crippen LogP contribution in [0, 0.1) is 0 Å². The van der Waals surface area contributed by atoms with Crippen molar-refractivity contribution >= 4 is 35.0 Å². The number of carbonyl (C=O) groups excluding carboxylic acids is 1. The van der Waals surface area contributed by atoms with Crippen molar-refractivity contribution in [2.75, 3.05) is 6.26 Å². The molecule has 4 nitrogen and oxygen atoms in total. The second-order valence-corrected chi connectivity index (χ2v) is 6.87. The first kappa shape index (κ1) is 14.4. The van der Waals surface area contributed by atoms with Crippen molar-refractivity contribution in [3.8, 4) is 0 Å². The highest BCUT2D eigenvalue weighted by Crippen LogP contribution is 2.27. The molecule has 0 unspecified atom stereocenters. The predicted molar refractivity (Wildman–Crippen MR) is 78.3 cm³/mol. The Labute approximate surface area is 120 Å². The molecule has 1 heterocycles. The highest BCUT2D eigenvalue weighted by molar-refractivity contribution is 7.99. The van der Waals surface area contributed by atoms with Gasteiger partial charge in [0.15, 0.2) is 0 Å². The SMILES string of the molecule is CSC1CCC(NC(=O)c2ccc(C(=O)O)s2)CC1.